The van der Waals surface area contributed by atoms with E-state index in [1.54, 1.807) is 4.90 Å². The maximum Gasteiger partial charge on any atom is 0.103 e. The molecule has 0 bridgehead atoms. The molecule has 0 unspecified atom stereocenters. The van der Waals surface area contributed by atoms with E-state index in [1.165, 1.54) is 46.1 Å². The highest BCUT2D eigenvalue weighted by atomic mass is 15.3. The van der Waals surface area contributed by atoms with Gasteiger partial charge in [0.05, 0.1) is 26.2 Å². The standard InChI is InChI=1S/C25H27N3/c1-2-28-24-11-7-6-10-22(24)23-18-20(12-13-25(23)28)19-26-14-16-27(17-15-26)21-8-4-3-5-9-21/h3-13,18H,2,14-17,19H2,1H3/p+1. The third-order valence-corrected chi connectivity index (χ3v) is 6.20. The minimum atomic E-state index is 1.01. The monoisotopic (exact) mass is 370 g/mol. The Morgan fingerprint density at radius 3 is 2.29 bits per heavy atom. The van der Waals surface area contributed by atoms with Gasteiger partial charge in [-0.1, -0.05) is 42.5 Å². The summed E-state index contributed by atoms with van der Waals surface area (Å²) in [6.45, 7) is 9.02. The molecule has 0 saturated carbocycles. The predicted molar refractivity (Wildman–Crippen MR) is 118 cm³/mol. The molecule has 0 radical (unpaired) electrons. The van der Waals surface area contributed by atoms with Gasteiger partial charge < -0.3 is 14.4 Å². The van der Waals surface area contributed by atoms with Crippen LogP contribution >= 0.6 is 0 Å². The average molecular weight is 371 g/mol. The van der Waals surface area contributed by atoms with Gasteiger partial charge in [0.1, 0.15) is 6.54 Å². The molecule has 1 aromatic heterocycles. The van der Waals surface area contributed by atoms with Crippen LogP contribution in [0.1, 0.15) is 12.5 Å². The van der Waals surface area contributed by atoms with Crippen molar-refractivity contribution in [1.82, 2.24) is 4.57 Å². The van der Waals surface area contributed by atoms with Gasteiger partial charge in [0.25, 0.3) is 0 Å². The zero-order valence-electron chi connectivity index (χ0n) is 16.6. The topological polar surface area (TPSA) is 12.6 Å². The molecule has 2 heterocycles. The Kier molecular flexibility index (Phi) is 4.53. The molecule has 3 nitrogen and oxygen atoms in total. The van der Waals surface area contributed by atoms with Crippen molar-refractivity contribution in [3.8, 4) is 0 Å². The first-order chi connectivity index (χ1) is 13.8. The third kappa shape index (κ3) is 3.06. The van der Waals surface area contributed by atoms with Gasteiger partial charge in [0, 0.05) is 39.6 Å². The van der Waals surface area contributed by atoms with Gasteiger partial charge >= 0.3 is 0 Å². The largest absolute Gasteiger partial charge is 0.360 e. The van der Waals surface area contributed by atoms with Crippen molar-refractivity contribution in [3.63, 3.8) is 0 Å². The number of nitrogens with one attached hydrogen (secondary N) is 1. The Bertz CT molecular complexity index is 1090. The zero-order valence-corrected chi connectivity index (χ0v) is 16.6. The SMILES string of the molecule is CCn1c2ccccc2c2cc(C[NH+]3CCN(c4ccccc4)CC3)ccc21. The van der Waals surface area contributed by atoms with Crippen LogP contribution in [0, 0.1) is 0 Å². The summed E-state index contributed by atoms with van der Waals surface area (Å²) in [5.41, 5.74) is 5.52. The molecule has 4 aromatic rings. The second kappa shape index (κ2) is 7.33. The number of aromatic nitrogens is 1. The normalized spacial score (nSPS) is 15.5. The van der Waals surface area contributed by atoms with Crippen molar-refractivity contribution in [1.29, 1.82) is 0 Å². The minimum absolute atomic E-state index is 1.01. The number of nitrogens with zero attached hydrogens (tertiary/aromatic N) is 2. The van der Waals surface area contributed by atoms with Gasteiger partial charge in [-0.2, -0.15) is 0 Å². The van der Waals surface area contributed by atoms with Crippen LogP contribution in [-0.2, 0) is 13.1 Å². The number of para-hydroxylation sites is 2. The van der Waals surface area contributed by atoms with Gasteiger partial charge in [0.15, 0.2) is 0 Å². The van der Waals surface area contributed by atoms with E-state index in [-0.39, 0.29) is 0 Å². The van der Waals surface area contributed by atoms with Crippen molar-refractivity contribution in [2.75, 3.05) is 31.1 Å². The summed E-state index contributed by atoms with van der Waals surface area (Å²) in [5.74, 6) is 0. The van der Waals surface area contributed by atoms with Crippen molar-refractivity contribution in [2.45, 2.75) is 20.0 Å². The maximum absolute atomic E-state index is 2.52. The molecular formula is C25H28N3+. The lowest BCUT2D eigenvalue weighted by Gasteiger charge is -2.33. The number of rotatable bonds is 4. The van der Waals surface area contributed by atoms with Gasteiger partial charge in [-0.3, -0.25) is 0 Å². The van der Waals surface area contributed by atoms with Crippen LogP contribution in [0.25, 0.3) is 21.8 Å². The molecule has 1 aliphatic rings. The number of hydrogen-bond acceptors (Lipinski definition) is 1. The van der Waals surface area contributed by atoms with Crippen molar-refractivity contribution in [3.05, 3.63) is 78.4 Å². The van der Waals surface area contributed by atoms with E-state index in [9.17, 15) is 0 Å². The van der Waals surface area contributed by atoms with E-state index in [2.05, 4.69) is 89.2 Å². The highest BCUT2D eigenvalue weighted by molar-refractivity contribution is 6.08. The van der Waals surface area contributed by atoms with Crippen LogP contribution in [-0.4, -0.2) is 30.7 Å². The summed E-state index contributed by atoms with van der Waals surface area (Å²) in [4.78, 5) is 4.20. The van der Waals surface area contributed by atoms with Gasteiger partial charge in [0.2, 0.25) is 0 Å². The Hall–Kier alpha value is -2.78. The van der Waals surface area contributed by atoms with Gasteiger partial charge in [-0.25, -0.2) is 0 Å². The fourth-order valence-corrected chi connectivity index (χ4v) is 4.74. The Labute approximate surface area is 166 Å². The minimum Gasteiger partial charge on any atom is -0.360 e. The number of fused-ring (bicyclic) bond motifs is 3. The highest BCUT2D eigenvalue weighted by Gasteiger charge is 2.20. The fraction of sp³-hybridized carbons (Fsp3) is 0.280. The Balaban J connectivity index is 1.36. The Morgan fingerprint density at radius 2 is 1.50 bits per heavy atom. The van der Waals surface area contributed by atoms with Crippen LogP contribution in [0.15, 0.2) is 72.8 Å². The first-order valence-electron chi connectivity index (χ1n) is 10.5. The predicted octanol–water partition coefficient (Wildman–Crippen LogP) is 3.72. The molecule has 3 heteroatoms. The fourth-order valence-electron chi connectivity index (χ4n) is 4.74. The summed E-state index contributed by atoms with van der Waals surface area (Å²) in [6, 6.07) is 26.7. The van der Waals surface area contributed by atoms with Crippen molar-refractivity contribution >= 4 is 27.5 Å². The molecule has 0 atom stereocenters. The van der Waals surface area contributed by atoms with E-state index in [4.69, 9.17) is 0 Å². The number of benzene rings is 3. The first kappa shape index (κ1) is 17.3. The van der Waals surface area contributed by atoms with Crippen LogP contribution in [0.4, 0.5) is 5.69 Å². The molecule has 0 spiro atoms. The molecule has 1 saturated heterocycles. The van der Waals surface area contributed by atoms with Crippen LogP contribution in [0.2, 0.25) is 0 Å². The summed E-state index contributed by atoms with van der Waals surface area (Å²) in [6.07, 6.45) is 0. The average Bonchev–Trinajstić information content (AvgIpc) is 3.08. The second-order valence-corrected chi connectivity index (χ2v) is 7.86. The van der Waals surface area contributed by atoms with Gasteiger partial charge in [-0.05, 0) is 37.3 Å². The third-order valence-electron chi connectivity index (χ3n) is 6.20. The van der Waals surface area contributed by atoms with Crippen LogP contribution in [0.5, 0.6) is 0 Å². The van der Waals surface area contributed by atoms with Crippen LogP contribution < -0.4 is 9.80 Å². The van der Waals surface area contributed by atoms with E-state index >= 15 is 0 Å². The lowest BCUT2D eigenvalue weighted by molar-refractivity contribution is -0.914. The van der Waals surface area contributed by atoms with E-state index in [0.717, 1.165) is 26.2 Å². The van der Waals surface area contributed by atoms with E-state index < -0.39 is 0 Å². The van der Waals surface area contributed by atoms with E-state index in [0.29, 0.717) is 0 Å². The Morgan fingerprint density at radius 1 is 0.786 bits per heavy atom. The summed E-state index contributed by atoms with van der Waals surface area (Å²) in [7, 11) is 0. The maximum atomic E-state index is 2.52. The molecule has 142 valence electrons. The van der Waals surface area contributed by atoms with E-state index in [1.807, 2.05) is 0 Å². The summed E-state index contributed by atoms with van der Waals surface area (Å²) in [5, 5.41) is 2.78. The molecule has 28 heavy (non-hydrogen) atoms. The molecule has 1 aliphatic heterocycles. The molecular weight excluding hydrogens is 342 g/mol. The second-order valence-electron chi connectivity index (χ2n) is 7.86. The lowest BCUT2D eigenvalue weighted by Crippen LogP contribution is -3.13. The van der Waals surface area contributed by atoms with Crippen LogP contribution in [0.3, 0.4) is 0 Å². The smallest absolute Gasteiger partial charge is 0.103 e. The number of aryl methyl sites for hydroxylation is 1. The number of hydrogen-bond donors (Lipinski definition) is 1. The number of anilines is 1. The van der Waals surface area contributed by atoms with Gasteiger partial charge in [-0.15, -0.1) is 0 Å². The van der Waals surface area contributed by atoms with Crippen molar-refractivity contribution < 1.29 is 4.90 Å². The molecule has 1 fully saturated rings. The molecule has 1 N–H and O–H groups in total. The quantitative estimate of drug-likeness (QED) is 0.578. The zero-order chi connectivity index (χ0) is 18.9. The number of piperazine rings is 1. The number of quaternary nitrogens is 1. The molecule has 5 rings (SSSR count). The first-order valence-corrected chi connectivity index (χ1v) is 10.5. The highest BCUT2D eigenvalue weighted by Crippen LogP contribution is 2.29. The summed E-state index contributed by atoms with van der Waals surface area (Å²) < 4.78 is 2.43. The molecule has 3 aromatic carbocycles. The molecule has 0 aliphatic carbocycles. The summed E-state index contributed by atoms with van der Waals surface area (Å²) >= 11 is 0. The lowest BCUT2D eigenvalue weighted by atomic mass is 10.1. The van der Waals surface area contributed by atoms with Crippen molar-refractivity contribution in [2.24, 2.45) is 0 Å². The molecule has 0 amide bonds.